The Balaban J connectivity index is 2.01. The molecule has 7 heteroatoms. The van der Waals surface area contributed by atoms with Gasteiger partial charge in [-0.25, -0.2) is 4.79 Å². The van der Waals surface area contributed by atoms with Gasteiger partial charge in [-0.3, -0.25) is 0 Å². The summed E-state index contributed by atoms with van der Waals surface area (Å²) in [4.78, 5) is 12.0. The van der Waals surface area contributed by atoms with Crippen LogP contribution in [-0.4, -0.2) is 23.8 Å². The second-order valence-corrected chi connectivity index (χ2v) is 8.52. The van der Waals surface area contributed by atoms with Crippen LogP contribution < -0.4 is 10.6 Å². The van der Waals surface area contributed by atoms with Gasteiger partial charge in [-0.05, 0) is 65.2 Å². The molecular weight excluding hydrogens is 345 g/mol. The molecule has 26 heavy (non-hydrogen) atoms. The topological polar surface area (TPSA) is 50.4 Å². The first kappa shape index (κ1) is 20.6. The summed E-state index contributed by atoms with van der Waals surface area (Å²) in [6.45, 7) is 9.43. The molecule has 4 nitrogen and oxygen atoms in total. The van der Waals surface area contributed by atoms with Crippen LogP contribution in [0.25, 0.3) is 0 Å². The number of halogens is 3. The van der Waals surface area contributed by atoms with Crippen molar-refractivity contribution in [3.63, 3.8) is 0 Å². The van der Waals surface area contributed by atoms with E-state index in [1.807, 2.05) is 13.8 Å². The number of carbonyl (C=O) groups is 1. The van der Waals surface area contributed by atoms with Crippen molar-refractivity contribution in [3.05, 3.63) is 35.4 Å². The summed E-state index contributed by atoms with van der Waals surface area (Å²) in [7, 11) is 0. The van der Waals surface area contributed by atoms with E-state index in [0.29, 0.717) is 12.1 Å². The quantitative estimate of drug-likeness (QED) is 0.795. The molecular formula is C19H27F3N2O2. The van der Waals surface area contributed by atoms with Gasteiger partial charge in [-0.1, -0.05) is 12.1 Å². The zero-order valence-corrected chi connectivity index (χ0v) is 15.9. The van der Waals surface area contributed by atoms with Crippen molar-refractivity contribution in [2.75, 3.05) is 6.54 Å². The molecule has 1 aromatic rings. The average Bonchev–Trinajstić information content (AvgIpc) is 3.23. The Morgan fingerprint density at radius 2 is 1.77 bits per heavy atom. The molecule has 0 atom stereocenters. The number of carbonyl (C=O) groups excluding carboxylic acids is 1. The second kappa shape index (κ2) is 6.76. The molecule has 0 aliphatic heterocycles. The minimum absolute atomic E-state index is 0.405. The lowest BCUT2D eigenvalue weighted by atomic mass is 9.99. The van der Waals surface area contributed by atoms with Crippen LogP contribution in [0.4, 0.5) is 18.0 Å². The van der Waals surface area contributed by atoms with Gasteiger partial charge in [-0.2, -0.15) is 13.2 Å². The monoisotopic (exact) mass is 372 g/mol. The highest BCUT2D eigenvalue weighted by atomic mass is 19.4. The Morgan fingerprint density at radius 1 is 1.15 bits per heavy atom. The van der Waals surface area contributed by atoms with Gasteiger partial charge in [0.15, 0.2) is 0 Å². The number of alkyl carbamates (subject to hydrolysis) is 1. The van der Waals surface area contributed by atoms with E-state index in [2.05, 4.69) is 10.6 Å². The van der Waals surface area contributed by atoms with Crippen LogP contribution in [0.3, 0.4) is 0 Å². The molecule has 1 amide bonds. The summed E-state index contributed by atoms with van der Waals surface area (Å²) in [5.41, 5.74) is -1.69. The predicted octanol–water partition coefficient (Wildman–Crippen LogP) is 4.59. The molecule has 1 aromatic carbocycles. The Kier molecular flexibility index (Phi) is 5.34. The number of amides is 1. The maximum atomic E-state index is 12.9. The average molecular weight is 372 g/mol. The highest BCUT2D eigenvalue weighted by Gasteiger charge is 2.46. The van der Waals surface area contributed by atoms with Gasteiger partial charge >= 0.3 is 12.3 Å². The van der Waals surface area contributed by atoms with Crippen LogP contribution in [0.2, 0.25) is 0 Å². The summed E-state index contributed by atoms with van der Waals surface area (Å²) in [5, 5.41) is 6.13. The van der Waals surface area contributed by atoms with Crippen molar-refractivity contribution in [1.29, 1.82) is 0 Å². The summed E-state index contributed by atoms with van der Waals surface area (Å²) >= 11 is 0. The van der Waals surface area contributed by atoms with Crippen molar-refractivity contribution in [2.24, 2.45) is 0 Å². The standard InChI is InChI=1S/C19H27F3N2O2/c1-16(2,3)26-15(25)24-17(4,5)12-23-18(9-10-18)13-7-6-8-14(11-13)19(20,21)22/h6-8,11,23H,9-10,12H2,1-5H3,(H,24,25). The minimum Gasteiger partial charge on any atom is -0.444 e. The lowest BCUT2D eigenvalue weighted by Crippen LogP contribution is -2.53. The molecule has 0 unspecified atom stereocenters. The molecule has 1 fully saturated rings. The van der Waals surface area contributed by atoms with Crippen LogP contribution in [0.15, 0.2) is 24.3 Å². The fourth-order valence-electron chi connectivity index (χ4n) is 2.70. The zero-order chi connectivity index (χ0) is 19.8. The molecule has 1 aliphatic carbocycles. The third-order valence-electron chi connectivity index (χ3n) is 4.20. The molecule has 0 radical (unpaired) electrons. The summed E-state index contributed by atoms with van der Waals surface area (Å²) in [6.07, 6.45) is -3.36. The molecule has 146 valence electrons. The first-order chi connectivity index (χ1) is 11.7. The van der Waals surface area contributed by atoms with Crippen molar-refractivity contribution < 1.29 is 22.7 Å². The highest BCUT2D eigenvalue weighted by Crippen LogP contribution is 2.46. The van der Waals surface area contributed by atoms with Crippen LogP contribution >= 0.6 is 0 Å². The number of hydrogen-bond acceptors (Lipinski definition) is 3. The largest absolute Gasteiger partial charge is 0.444 e. The summed E-state index contributed by atoms with van der Waals surface area (Å²) in [5.74, 6) is 0. The summed E-state index contributed by atoms with van der Waals surface area (Å²) in [6, 6.07) is 5.43. The van der Waals surface area contributed by atoms with E-state index in [1.54, 1.807) is 26.8 Å². The van der Waals surface area contributed by atoms with Gasteiger partial charge in [0.1, 0.15) is 5.60 Å². The Hall–Kier alpha value is -1.76. The van der Waals surface area contributed by atoms with E-state index >= 15 is 0 Å². The number of ether oxygens (including phenoxy) is 1. The van der Waals surface area contributed by atoms with Gasteiger partial charge < -0.3 is 15.4 Å². The van der Waals surface area contributed by atoms with Crippen molar-refractivity contribution in [1.82, 2.24) is 10.6 Å². The normalized spacial score (nSPS) is 16.9. The SMILES string of the molecule is CC(C)(CNC1(c2cccc(C(F)(F)F)c2)CC1)NC(=O)OC(C)(C)C. The maximum Gasteiger partial charge on any atom is 0.416 e. The second-order valence-electron chi connectivity index (χ2n) is 8.52. The first-order valence-electron chi connectivity index (χ1n) is 8.66. The molecule has 2 N–H and O–H groups in total. The molecule has 0 aromatic heterocycles. The van der Waals surface area contributed by atoms with E-state index in [1.165, 1.54) is 12.1 Å². The molecule has 0 spiro atoms. The smallest absolute Gasteiger partial charge is 0.416 e. The lowest BCUT2D eigenvalue weighted by molar-refractivity contribution is -0.137. The van der Waals surface area contributed by atoms with Gasteiger partial charge in [-0.15, -0.1) is 0 Å². The van der Waals surface area contributed by atoms with Gasteiger partial charge in [0, 0.05) is 12.1 Å². The molecule has 1 saturated carbocycles. The Morgan fingerprint density at radius 3 is 2.27 bits per heavy atom. The van der Waals surface area contributed by atoms with E-state index in [4.69, 9.17) is 4.74 Å². The van der Waals surface area contributed by atoms with Gasteiger partial charge in [0.05, 0.1) is 11.1 Å². The van der Waals surface area contributed by atoms with Gasteiger partial charge in [0.25, 0.3) is 0 Å². The number of nitrogens with one attached hydrogen (secondary N) is 2. The molecule has 0 bridgehead atoms. The third-order valence-corrected chi connectivity index (χ3v) is 4.20. The number of benzene rings is 1. The fraction of sp³-hybridized carbons (Fsp3) is 0.632. The van der Waals surface area contributed by atoms with Crippen LogP contribution in [-0.2, 0) is 16.5 Å². The minimum atomic E-state index is -4.36. The van der Waals surface area contributed by atoms with E-state index in [-0.39, 0.29) is 0 Å². The predicted molar refractivity (Wildman–Crippen MR) is 93.8 cm³/mol. The molecule has 0 saturated heterocycles. The number of hydrogen-bond donors (Lipinski definition) is 2. The van der Waals surface area contributed by atoms with Crippen molar-refractivity contribution in [2.45, 2.75) is 70.3 Å². The third kappa shape index (κ3) is 5.62. The Bertz CT molecular complexity index is 659. The number of rotatable bonds is 5. The van der Waals surface area contributed by atoms with Crippen LogP contribution in [0.5, 0.6) is 0 Å². The molecule has 2 rings (SSSR count). The lowest BCUT2D eigenvalue weighted by Gasteiger charge is -2.31. The van der Waals surface area contributed by atoms with Crippen molar-refractivity contribution >= 4 is 6.09 Å². The van der Waals surface area contributed by atoms with Crippen LogP contribution in [0, 0.1) is 0 Å². The molecule has 1 aliphatic rings. The zero-order valence-electron chi connectivity index (χ0n) is 15.9. The highest BCUT2D eigenvalue weighted by molar-refractivity contribution is 5.68. The van der Waals surface area contributed by atoms with Gasteiger partial charge in [0.2, 0.25) is 0 Å². The van der Waals surface area contributed by atoms with E-state index in [9.17, 15) is 18.0 Å². The summed E-state index contributed by atoms with van der Waals surface area (Å²) < 4.78 is 44.1. The van der Waals surface area contributed by atoms with E-state index < -0.39 is 34.5 Å². The van der Waals surface area contributed by atoms with Crippen LogP contribution in [0.1, 0.15) is 58.6 Å². The fourth-order valence-corrected chi connectivity index (χ4v) is 2.70. The Labute approximate surface area is 152 Å². The first-order valence-corrected chi connectivity index (χ1v) is 8.66. The number of alkyl halides is 3. The molecule has 0 heterocycles. The van der Waals surface area contributed by atoms with Crippen molar-refractivity contribution in [3.8, 4) is 0 Å². The van der Waals surface area contributed by atoms with E-state index in [0.717, 1.165) is 18.9 Å². The maximum absolute atomic E-state index is 12.9.